The molecule has 0 fully saturated rings. The van der Waals surface area contributed by atoms with Crippen LogP contribution in [0.1, 0.15) is 31.7 Å². The van der Waals surface area contributed by atoms with Crippen LogP contribution >= 0.6 is 0 Å². The highest BCUT2D eigenvalue weighted by molar-refractivity contribution is 5.92. The number of nitrogen functional groups attached to an aromatic ring is 1. The van der Waals surface area contributed by atoms with E-state index in [0.717, 1.165) is 24.6 Å². The molecule has 0 unspecified atom stereocenters. The molecule has 0 atom stereocenters. The molecule has 0 heterocycles. The highest BCUT2D eigenvalue weighted by Gasteiger charge is 2.33. The molecule has 18 heavy (non-hydrogen) atoms. The lowest BCUT2D eigenvalue weighted by molar-refractivity contribution is -0.137. The van der Waals surface area contributed by atoms with Gasteiger partial charge in [0, 0.05) is 12.1 Å². The molecule has 0 saturated carbocycles. The fraction of sp³-hybridized carbons (Fsp3) is 0.417. The van der Waals surface area contributed by atoms with Crippen LogP contribution in [0.3, 0.4) is 0 Å². The zero-order chi connectivity index (χ0) is 13.8. The Kier molecular flexibility index (Phi) is 4.58. The van der Waals surface area contributed by atoms with E-state index in [1.54, 1.807) is 0 Å². The first-order valence-corrected chi connectivity index (χ1v) is 5.61. The Labute approximate surface area is 103 Å². The van der Waals surface area contributed by atoms with Gasteiger partial charge in [-0.2, -0.15) is 13.2 Å². The van der Waals surface area contributed by atoms with Crippen LogP contribution in [-0.4, -0.2) is 5.91 Å². The SMILES string of the molecule is CCCCC(=O)Nc1cc(N)ccc1C(F)(F)F. The molecular formula is C12H15F3N2O. The van der Waals surface area contributed by atoms with E-state index in [9.17, 15) is 18.0 Å². The number of unbranched alkanes of at least 4 members (excludes halogenated alkanes) is 1. The maximum Gasteiger partial charge on any atom is 0.418 e. The smallest absolute Gasteiger partial charge is 0.399 e. The molecule has 3 nitrogen and oxygen atoms in total. The second-order valence-electron chi connectivity index (χ2n) is 3.95. The topological polar surface area (TPSA) is 55.1 Å². The predicted molar refractivity (Wildman–Crippen MR) is 64.0 cm³/mol. The van der Waals surface area contributed by atoms with Crippen molar-refractivity contribution in [3.05, 3.63) is 23.8 Å². The molecule has 0 aliphatic carbocycles. The number of rotatable bonds is 4. The van der Waals surface area contributed by atoms with Crippen molar-refractivity contribution in [2.45, 2.75) is 32.4 Å². The number of benzene rings is 1. The average Bonchev–Trinajstić information content (AvgIpc) is 2.24. The first-order chi connectivity index (χ1) is 8.34. The lowest BCUT2D eigenvalue weighted by Crippen LogP contribution is -2.16. The van der Waals surface area contributed by atoms with Crippen LogP contribution in [0.15, 0.2) is 18.2 Å². The Balaban J connectivity index is 2.93. The van der Waals surface area contributed by atoms with E-state index in [1.807, 2.05) is 6.92 Å². The number of nitrogens with one attached hydrogen (secondary N) is 1. The first kappa shape index (κ1) is 14.3. The molecule has 0 radical (unpaired) electrons. The van der Waals surface area contributed by atoms with Gasteiger partial charge < -0.3 is 11.1 Å². The number of carbonyl (C=O) groups excluding carboxylic acids is 1. The molecule has 0 aliphatic rings. The van der Waals surface area contributed by atoms with Crippen molar-refractivity contribution in [3.8, 4) is 0 Å². The monoisotopic (exact) mass is 260 g/mol. The minimum atomic E-state index is -4.51. The molecule has 6 heteroatoms. The van der Waals surface area contributed by atoms with Gasteiger partial charge in [0.1, 0.15) is 0 Å². The Morgan fingerprint density at radius 1 is 1.39 bits per heavy atom. The highest BCUT2D eigenvalue weighted by atomic mass is 19.4. The van der Waals surface area contributed by atoms with E-state index >= 15 is 0 Å². The minimum absolute atomic E-state index is 0.175. The van der Waals surface area contributed by atoms with Gasteiger partial charge in [-0.3, -0.25) is 4.79 Å². The second kappa shape index (κ2) is 5.75. The Morgan fingerprint density at radius 3 is 2.61 bits per heavy atom. The van der Waals surface area contributed by atoms with E-state index in [-0.39, 0.29) is 17.8 Å². The normalized spacial score (nSPS) is 11.3. The van der Waals surface area contributed by atoms with E-state index in [4.69, 9.17) is 5.73 Å². The van der Waals surface area contributed by atoms with Crippen molar-refractivity contribution in [3.63, 3.8) is 0 Å². The van der Waals surface area contributed by atoms with Crippen LogP contribution < -0.4 is 11.1 Å². The summed E-state index contributed by atoms with van der Waals surface area (Å²) in [4.78, 5) is 11.4. The average molecular weight is 260 g/mol. The summed E-state index contributed by atoms with van der Waals surface area (Å²) in [5, 5.41) is 2.25. The lowest BCUT2D eigenvalue weighted by Gasteiger charge is -2.14. The van der Waals surface area contributed by atoms with Gasteiger partial charge in [-0.25, -0.2) is 0 Å². The fourth-order valence-electron chi connectivity index (χ4n) is 1.46. The third kappa shape index (κ3) is 3.94. The van der Waals surface area contributed by atoms with Crippen LogP contribution in [0.4, 0.5) is 24.5 Å². The van der Waals surface area contributed by atoms with Crippen LogP contribution in [-0.2, 0) is 11.0 Å². The number of hydrogen-bond donors (Lipinski definition) is 2. The minimum Gasteiger partial charge on any atom is -0.399 e. The maximum absolute atomic E-state index is 12.7. The molecule has 0 aromatic heterocycles. The maximum atomic E-state index is 12.7. The first-order valence-electron chi connectivity index (χ1n) is 5.61. The van der Waals surface area contributed by atoms with Crippen LogP contribution in [0, 0.1) is 0 Å². The quantitative estimate of drug-likeness (QED) is 0.815. The number of halogens is 3. The van der Waals surface area contributed by atoms with E-state index < -0.39 is 17.6 Å². The number of hydrogen-bond acceptors (Lipinski definition) is 2. The molecule has 1 aromatic carbocycles. The highest BCUT2D eigenvalue weighted by Crippen LogP contribution is 2.35. The van der Waals surface area contributed by atoms with Crippen molar-refractivity contribution in [2.24, 2.45) is 0 Å². The summed E-state index contributed by atoms with van der Waals surface area (Å²) in [7, 11) is 0. The van der Waals surface area contributed by atoms with Gasteiger partial charge in [-0.1, -0.05) is 13.3 Å². The van der Waals surface area contributed by atoms with Crippen molar-refractivity contribution in [1.82, 2.24) is 0 Å². The summed E-state index contributed by atoms with van der Waals surface area (Å²) >= 11 is 0. The van der Waals surface area contributed by atoms with Crippen LogP contribution in [0.25, 0.3) is 0 Å². The zero-order valence-corrected chi connectivity index (χ0v) is 9.97. The van der Waals surface area contributed by atoms with Crippen LogP contribution in [0.5, 0.6) is 0 Å². The van der Waals surface area contributed by atoms with Gasteiger partial charge in [0.05, 0.1) is 11.3 Å². The molecule has 1 rings (SSSR count). The summed E-state index contributed by atoms with van der Waals surface area (Å²) in [5.41, 5.74) is 4.43. The predicted octanol–water partition coefficient (Wildman–Crippen LogP) is 3.42. The van der Waals surface area contributed by atoms with Crippen molar-refractivity contribution in [2.75, 3.05) is 11.1 Å². The van der Waals surface area contributed by atoms with E-state index in [1.165, 1.54) is 0 Å². The van der Waals surface area contributed by atoms with Gasteiger partial charge in [0.15, 0.2) is 0 Å². The molecular weight excluding hydrogens is 245 g/mol. The molecule has 0 saturated heterocycles. The Hall–Kier alpha value is -1.72. The number of amides is 1. The van der Waals surface area contributed by atoms with Crippen molar-refractivity contribution >= 4 is 17.3 Å². The Morgan fingerprint density at radius 2 is 2.06 bits per heavy atom. The molecule has 0 spiro atoms. The molecule has 1 aromatic rings. The van der Waals surface area contributed by atoms with Gasteiger partial charge in [-0.15, -0.1) is 0 Å². The third-order valence-corrected chi connectivity index (χ3v) is 2.38. The summed E-state index contributed by atoms with van der Waals surface area (Å²) in [6.45, 7) is 1.90. The number of anilines is 2. The summed E-state index contributed by atoms with van der Waals surface area (Å²) < 4.78 is 38.1. The van der Waals surface area contributed by atoms with Gasteiger partial charge in [-0.05, 0) is 24.6 Å². The molecule has 3 N–H and O–H groups in total. The summed E-state index contributed by atoms with van der Waals surface area (Å²) in [6.07, 6.45) is -2.88. The van der Waals surface area contributed by atoms with Gasteiger partial charge >= 0.3 is 6.18 Å². The second-order valence-corrected chi connectivity index (χ2v) is 3.95. The molecule has 100 valence electrons. The number of carbonyl (C=O) groups is 1. The lowest BCUT2D eigenvalue weighted by atomic mass is 10.1. The summed E-state index contributed by atoms with van der Waals surface area (Å²) in [6, 6.07) is 3.14. The molecule has 1 amide bonds. The standard InChI is InChI=1S/C12H15F3N2O/c1-2-3-4-11(18)17-10-7-8(16)5-6-9(10)12(13,14)15/h5-7H,2-4,16H2,1H3,(H,17,18). The van der Waals surface area contributed by atoms with Crippen molar-refractivity contribution in [1.29, 1.82) is 0 Å². The Bertz CT molecular complexity index is 430. The largest absolute Gasteiger partial charge is 0.418 e. The van der Waals surface area contributed by atoms with E-state index in [2.05, 4.69) is 5.32 Å². The zero-order valence-electron chi connectivity index (χ0n) is 9.97. The van der Waals surface area contributed by atoms with Crippen LogP contribution in [0.2, 0.25) is 0 Å². The van der Waals surface area contributed by atoms with Crippen molar-refractivity contribution < 1.29 is 18.0 Å². The third-order valence-electron chi connectivity index (χ3n) is 2.38. The van der Waals surface area contributed by atoms with E-state index in [0.29, 0.717) is 6.42 Å². The summed E-state index contributed by atoms with van der Waals surface area (Å²) in [5.74, 6) is -0.437. The fourth-order valence-corrected chi connectivity index (χ4v) is 1.46. The number of nitrogens with two attached hydrogens (primary N) is 1. The van der Waals surface area contributed by atoms with Gasteiger partial charge in [0.2, 0.25) is 5.91 Å². The molecule has 0 aliphatic heterocycles. The van der Waals surface area contributed by atoms with Gasteiger partial charge in [0.25, 0.3) is 0 Å². The molecule has 0 bridgehead atoms. The number of alkyl halides is 3.